The Kier molecular flexibility index (Phi) is 18.0. The first-order chi connectivity index (χ1) is 17.4. The Labute approximate surface area is 224 Å². The summed E-state index contributed by atoms with van der Waals surface area (Å²) in [4.78, 5) is 64.9. The normalized spacial score (nSPS) is 13.9. The molecule has 0 aliphatic carbocycles. The van der Waals surface area contributed by atoms with Gasteiger partial charge in [-0.3, -0.25) is 24.2 Å². The van der Waals surface area contributed by atoms with Gasteiger partial charge in [0.25, 0.3) is 0 Å². The molecule has 0 aromatic heterocycles. The maximum Gasteiger partial charge on any atom is 0.326 e. The summed E-state index contributed by atoms with van der Waals surface area (Å²) in [7, 11) is 0. The lowest BCUT2D eigenvalue weighted by molar-refractivity contribution is -0.142. The van der Waals surface area contributed by atoms with E-state index in [9.17, 15) is 29.1 Å². The minimum Gasteiger partial charge on any atom is -0.481 e. The first-order valence-electron chi connectivity index (χ1n) is 11.6. The zero-order chi connectivity index (χ0) is 28.4. The largest absolute Gasteiger partial charge is 0.481 e. The van der Waals surface area contributed by atoms with Gasteiger partial charge in [0.05, 0.1) is 6.04 Å². The Morgan fingerprint density at radius 3 is 1.81 bits per heavy atom. The SMILES string of the molecule is CSCCC(N)C(=O)NC(CCC(=O)O)C(=O)NC(CCCN=C(N)N)C(=O)NC(CCSC)C(=O)O. The third-order valence-corrected chi connectivity index (χ3v) is 6.34. The molecule has 11 N–H and O–H groups in total. The van der Waals surface area contributed by atoms with Crippen molar-refractivity contribution in [2.45, 2.75) is 62.7 Å². The molecule has 0 saturated carbocycles. The van der Waals surface area contributed by atoms with E-state index in [0.717, 1.165) is 0 Å². The molecule has 0 fully saturated rings. The number of thioether (sulfide) groups is 2. The standard InChI is InChI=1S/C21H39N7O7S2/c1-36-10-7-12(22)17(31)26-14(5-6-16(29)30)19(33)27-13(4-3-9-25-21(23)24)18(32)28-15(20(34)35)8-11-37-2/h12-15H,3-11,22H2,1-2H3,(H,26,31)(H,27,33)(H,28,32)(H,29,30)(H,34,35)(H4,23,24,25). The second-order valence-electron chi connectivity index (χ2n) is 8.07. The van der Waals surface area contributed by atoms with E-state index in [1.165, 1.54) is 23.5 Å². The number of hydrogen-bond acceptors (Lipinski definition) is 9. The van der Waals surface area contributed by atoms with Crippen LogP contribution in [0.2, 0.25) is 0 Å². The van der Waals surface area contributed by atoms with Crippen LogP contribution in [0.3, 0.4) is 0 Å². The number of hydrogen-bond donors (Lipinski definition) is 8. The Balaban J connectivity index is 5.63. The van der Waals surface area contributed by atoms with Gasteiger partial charge in [-0.1, -0.05) is 0 Å². The van der Waals surface area contributed by atoms with Crippen LogP contribution in [-0.4, -0.2) is 101 Å². The zero-order valence-corrected chi connectivity index (χ0v) is 22.7. The van der Waals surface area contributed by atoms with Gasteiger partial charge < -0.3 is 43.4 Å². The van der Waals surface area contributed by atoms with Crippen LogP contribution in [0.4, 0.5) is 0 Å². The summed E-state index contributed by atoms with van der Waals surface area (Å²) in [6, 6.07) is -4.54. The van der Waals surface area contributed by atoms with Crippen LogP contribution in [0.5, 0.6) is 0 Å². The van der Waals surface area contributed by atoms with E-state index < -0.39 is 60.2 Å². The number of nitrogens with one attached hydrogen (secondary N) is 3. The average molecular weight is 566 g/mol. The average Bonchev–Trinajstić information content (AvgIpc) is 2.83. The number of carbonyl (C=O) groups excluding carboxylic acids is 3. The van der Waals surface area contributed by atoms with E-state index >= 15 is 0 Å². The fourth-order valence-corrected chi connectivity index (χ4v) is 3.96. The van der Waals surface area contributed by atoms with Gasteiger partial charge in [0, 0.05) is 13.0 Å². The molecule has 0 radical (unpaired) electrons. The highest BCUT2D eigenvalue weighted by atomic mass is 32.2. The smallest absolute Gasteiger partial charge is 0.326 e. The number of carboxylic acids is 2. The van der Waals surface area contributed by atoms with E-state index in [2.05, 4.69) is 20.9 Å². The minimum absolute atomic E-state index is 0.0516. The van der Waals surface area contributed by atoms with Crippen molar-refractivity contribution in [3.63, 3.8) is 0 Å². The van der Waals surface area contributed by atoms with Gasteiger partial charge in [-0.2, -0.15) is 23.5 Å². The van der Waals surface area contributed by atoms with Crippen LogP contribution in [0.15, 0.2) is 4.99 Å². The van der Waals surface area contributed by atoms with Crippen molar-refractivity contribution < 1.29 is 34.2 Å². The van der Waals surface area contributed by atoms with Gasteiger partial charge in [0.15, 0.2) is 5.96 Å². The van der Waals surface area contributed by atoms with E-state index in [1.54, 1.807) is 6.26 Å². The summed E-state index contributed by atoms with van der Waals surface area (Å²) in [5.41, 5.74) is 16.5. The number of carboxylic acid groups (broad SMARTS) is 2. The second kappa shape index (κ2) is 19.4. The number of amides is 3. The molecule has 14 nitrogen and oxygen atoms in total. The highest BCUT2D eigenvalue weighted by Gasteiger charge is 2.30. The van der Waals surface area contributed by atoms with Crippen LogP contribution in [0.1, 0.15) is 38.5 Å². The predicted molar refractivity (Wildman–Crippen MR) is 144 cm³/mol. The lowest BCUT2D eigenvalue weighted by Crippen LogP contribution is -2.57. The lowest BCUT2D eigenvalue weighted by Gasteiger charge is -2.25. The Morgan fingerprint density at radius 2 is 1.30 bits per heavy atom. The highest BCUT2D eigenvalue weighted by Crippen LogP contribution is 2.07. The quantitative estimate of drug-likeness (QED) is 0.0466. The third-order valence-electron chi connectivity index (χ3n) is 5.05. The highest BCUT2D eigenvalue weighted by molar-refractivity contribution is 7.98. The number of aliphatic carboxylic acids is 2. The van der Waals surface area contributed by atoms with Crippen molar-refractivity contribution in [1.82, 2.24) is 16.0 Å². The Morgan fingerprint density at radius 1 is 0.784 bits per heavy atom. The monoisotopic (exact) mass is 565 g/mol. The van der Waals surface area contributed by atoms with Crippen LogP contribution < -0.4 is 33.2 Å². The fourth-order valence-electron chi connectivity index (χ4n) is 3.00. The molecule has 4 atom stereocenters. The maximum atomic E-state index is 13.0. The van der Waals surface area contributed by atoms with Gasteiger partial charge >= 0.3 is 11.9 Å². The van der Waals surface area contributed by atoms with Gasteiger partial charge in [-0.05, 0) is 56.1 Å². The molecule has 0 spiro atoms. The molecule has 212 valence electrons. The van der Waals surface area contributed by atoms with Crippen molar-refractivity contribution in [3.05, 3.63) is 0 Å². The fraction of sp³-hybridized carbons (Fsp3) is 0.714. The van der Waals surface area contributed by atoms with Gasteiger partial charge in [-0.25, -0.2) is 4.79 Å². The molecular formula is C21H39N7O7S2. The molecule has 0 aliphatic heterocycles. The van der Waals surface area contributed by atoms with Gasteiger partial charge in [0.2, 0.25) is 17.7 Å². The topological polar surface area (TPSA) is 252 Å². The van der Waals surface area contributed by atoms with Crippen LogP contribution in [0, 0.1) is 0 Å². The maximum absolute atomic E-state index is 13.0. The number of nitrogens with two attached hydrogens (primary N) is 3. The molecule has 0 saturated heterocycles. The summed E-state index contributed by atoms with van der Waals surface area (Å²) in [6.07, 6.45) is 3.82. The van der Waals surface area contributed by atoms with Crippen LogP contribution >= 0.6 is 23.5 Å². The molecule has 0 aliphatic rings. The summed E-state index contributed by atoms with van der Waals surface area (Å²) in [6.45, 7) is 0.153. The third kappa shape index (κ3) is 15.9. The van der Waals surface area contributed by atoms with Crippen LogP contribution in [0.25, 0.3) is 0 Å². The molecule has 0 bridgehead atoms. The summed E-state index contributed by atoms with van der Waals surface area (Å²) >= 11 is 2.91. The predicted octanol–water partition coefficient (Wildman–Crippen LogP) is -1.72. The second-order valence-corrected chi connectivity index (χ2v) is 10.0. The zero-order valence-electron chi connectivity index (χ0n) is 21.1. The van der Waals surface area contributed by atoms with Crippen molar-refractivity contribution in [2.75, 3.05) is 30.6 Å². The summed E-state index contributed by atoms with van der Waals surface area (Å²) in [5, 5.41) is 25.9. The number of aliphatic imine (C=N–C) groups is 1. The van der Waals surface area contributed by atoms with Crippen molar-refractivity contribution in [2.24, 2.45) is 22.2 Å². The first kappa shape index (κ1) is 34.3. The van der Waals surface area contributed by atoms with Crippen molar-refractivity contribution >= 4 is 59.1 Å². The number of carbonyl (C=O) groups is 5. The molecule has 37 heavy (non-hydrogen) atoms. The van der Waals surface area contributed by atoms with Crippen molar-refractivity contribution in [3.8, 4) is 0 Å². The molecule has 0 aromatic carbocycles. The van der Waals surface area contributed by atoms with E-state index in [0.29, 0.717) is 17.9 Å². The van der Waals surface area contributed by atoms with Crippen LogP contribution in [-0.2, 0) is 24.0 Å². The molecule has 3 amide bonds. The Bertz CT molecular complexity index is 797. The molecule has 4 unspecified atom stereocenters. The van der Waals surface area contributed by atoms with Gasteiger partial charge in [-0.15, -0.1) is 0 Å². The summed E-state index contributed by atoms with van der Waals surface area (Å²) in [5.74, 6) is -3.63. The molecule has 16 heteroatoms. The number of nitrogens with zero attached hydrogens (tertiary/aromatic N) is 1. The summed E-state index contributed by atoms with van der Waals surface area (Å²) < 4.78 is 0. The minimum atomic E-state index is -1.27. The van der Waals surface area contributed by atoms with Gasteiger partial charge in [0.1, 0.15) is 18.1 Å². The molecule has 0 aromatic rings. The van der Waals surface area contributed by atoms with E-state index in [1.807, 2.05) is 6.26 Å². The number of rotatable bonds is 20. The molecular weight excluding hydrogens is 526 g/mol. The number of guanidine groups is 1. The van der Waals surface area contributed by atoms with E-state index in [4.69, 9.17) is 22.3 Å². The molecule has 0 rings (SSSR count). The first-order valence-corrected chi connectivity index (χ1v) is 14.4. The van der Waals surface area contributed by atoms with Crippen molar-refractivity contribution in [1.29, 1.82) is 0 Å². The Hall–Kier alpha value is -2.72. The van der Waals surface area contributed by atoms with E-state index in [-0.39, 0.29) is 38.2 Å². The lowest BCUT2D eigenvalue weighted by atomic mass is 10.1. The molecule has 0 heterocycles.